The van der Waals surface area contributed by atoms with Crippen LogP contribution in [0.4, 0.5) is 13.2 Å². The second kappa shape index (κ2) is 8.84. The lowest BCUT2D eigenvalue weighted by Crippen LogP contribution is -2.72. The smallest absolute Gasteiger partial charge is 0.437 e. The third kappa shape index (κ3) is 4.55. The molecule has 1 aliphatic heterocycles. The number of benzene rings is 3. The van der Waals surface area contributed by atoms with Crippen LogP contribution in [0.25, 0.3) is 0 Å². The summed E-state index contributed by atoms with van der Waals surface area (Å²) < 4.78 is 48.1. The first-order chi connectivity index (χ1) is 15.7. The quantitative estimate of drug-likeness (QED) is 0.368. The zero-order valence-corrected chi connectivity index (χ0v) is 17.9. The van der Waals surface area contributed by atoms with Gasteiger partial charge in [-0.15, -0.1) is 0 Å². The highest BCUT2D eigenvalue weighted by Crippen LogP contribution is 2.44. The Kier molecular flexibility index (Phi) is 6.09. The predicted octanol–water partition coefficient (Wildman–Crippen LogP) is 4.75. The Morgan fingerprint density at radius 1 is 0.939 bits per heavy atom. The average Bonchev–Trinajstić information content (AvgIpc) is 2.79. The van der Waals surface area contributed by atoms with E-state index in [1.165, 1.54) is 30.3 Å². The van der Waals surface area contributed by atoms with E-state index in [4.69, 9.17) is 17.0 Å². The molecule has 1 aliphatic rings. The highest BCUT2D eigenvalue weighted by Gasteiger charge is 2.65. The number of carbonyl (C=O) groups is 1. The van der Waals surface area contributed by atoms with Gasteiger partial charge in [0.05, 0.1) is 6.04 Å². The van der Waals surface area contributed by atoms with Gasteiger partial charge in [-0.1, -0.05) is 60.7 Å². The summed E-state index contributed by atoms with van der Waals surface area (Å²) in [6.45, 7) is 0. The Balaban J connectivity index is 1.78. The summed E-state index contributed by atoms with van der Waals surface area (Å²) in [5.74, 6) is -1.98. The van der Waals surface area contributed by atoms with E-state index in [-0.39, 0.29) is 5.56 Å². The highest BCUT2D eigenvalue weighted by molar-refractivity contribution is 7.80. The molecule has 1 saturated heterocycles. The molecule has 33 heavy (non-hydrogen) atoms. The fraction of sp³-hybridized carbons (Fsp3) is 0.167. The number of rotatable bonds is 5. The van der Waals surface area contributed by atoms with Crippen LogP contribution in [0.15, 0.2) is 84.9 Å². The van der Waals surface area contributed by atoms with E-state index in [1.54, 1.807) is 48.5 Å². The van der Waals surface area contributed by atoms with Crippen molar-refractivity contribution in [2.75, 3.05) is 0 Å². The van der Waals surface area contributed by atoms with Crippen LogP contribution in [-0.2, 0) is 0 Å². The van der Waals surface area contributed by atoms with Gasteiger partial charge in [-0.05, 0) is 42.0 Å². The van der Waals surface area contributed by atoms with Crippen LogP contribution in [0.3, 0.4) is 0 Å². The Morgan fingerprint density at radius 2 is 1.55 bits per heavy atom. The van der Waals surface area contributed by atoms with E-state index >= 15 is 0 Å². The number of ketones is 1. The molecule has 0 bridgehead atoms. The molecule has 0 spiro atoms. The standard InChI is InChI=1S/C24H19F3N2O3S/c25-24(26,27)23(31)19(21(30)15-8-3-1-4-9-15)20(28-22(33)29-23)16-10-7-13-18(14-16)32-17-11-5-2-6-12-17/h1-14,19-20,31H,(H2,28,29,33)/t19-,20-,23-/m1/s1. The Morgan fingerprint density at radius 3 is 2.18 bits per heavy atom. The van der Waals surface area contributed by atoms with E-state index in [0.29, 0.717) is 17.1 Å². The number of nitrogens with one attached hydrogen (secondary N) is 2. The molecular formula is C24H19F3N2O3S. The van der Waals surface area contributed by atoms with Gasteiger partial charge in [0.15, 0.2) is 10.9 Å². The third-order valence-corrected chi connectivity index (χ3v) is 5.56. The first kappa shape index (κ1) is 22.8. The molecule has 170 valence electrons. The minimum absolute atomic E-state index is 0.0308. The van der Waals surface area contributed by atoms with Crippen LogP contribution in [0.1, 0.15) is 22.0 Å². The lowest BCUT2D eigenvalue weighted by Gasteiger charge is -2.46. The number of Topliss-reactive ketones (excluding diaryl/α,β-unsaturated/α-hetero) is 1. The molecule has 0 aromatic heterocycles. The van der Waals surface area contributed by atoms with Crippen LogP contribution in [0, 0.1) is 5.92 Å². The fourth-order valence-corrected chi connectivity index (χ4v) is 4.08. The van der Waals surface area contributed by atoms with E-state index in [0.717, 1.165) is 0 Å². The van der Waals surface area contributed by atoms with Crippen molar-refractivity contribution >= 4 is 23.1 Å². The number of ether oxygens (including phenoxy) is 1. The van der Waals surface area contributed by atoms with Gasteiger partial charge in [0, 0.05) is 5.56 Å². The lowest BCUT2D eigenvalue weighted by atomic mass is 9.77. The van der Waals surface area contributed by atoms with Gasteiger partial charge in [-0.2, -0.15) is 13.2 Å². The first-order valence-electron chi connectivity index (χ1n) is 9.99. The average molecular weight is 472 g/mol. The van der Waals surface area contributed by atoms with Crippen molar-refractivity contribution in [2.45, 2.75) is 17.9 Å². The van der Waals surface area contributed by atoms with Gasteiger partial charge in [-0.3, -0.25) is 4.79 Å². The highest BCUT2D eigenvalue weighted by atomic mass is 32.1. The monoisotopic (exact) mass is 472 g/mol. The predicted molar refractivity (Wildman–Crippen MR) is 120 cm³/mol. The number of hydrogen-bond donors (Lipinski definition) is 3. The maximum atomic E-state index is 14.1. The van der Waals surface area contributed by atoms with E-state index in [9.17, 15) is 23.1 Å². The maximum Gasteiger partial charge on any atom is 0.437 e. The summed E-state index contributed by atoms with van der Waals surface area (Å²) >= 11 is 4.97. The Bertz CT molecular complexity index is 1160. The summed E-state index contributed by atoms with van der Waals surface area (Å²) in [5.41, 5.74) is -3.25. The van der Waals surface area contributed by atoms with Crippen molar-refractivity contribution in [3.63, 3.8) is 0 Å². The van der Waals surface area contributed by atoms with E-state index < -0.39 is 34.8 Å². The molecule has 0 unspecified atom stereocenters. The van der Waals surface area contributed by atoms with Crippen molar-refractivity contribution in [1.82, 2.24) is 10.6 Å². The van der Waals surface area contributed by atoms with Crippen molar-refractivity contribution < 1.29 is 27.8 Å². The molecule has 1 fully saturated rings. The molecule has 9 heteroatoms. The molecule has 0 aliphatic carbocycles. The molecule has 1 heterocycles. The van der Waals surface area contributed by atoms with E-state index in [2.05, 4.69) is 5.32 Å². The zero-order valence-electron chi connectivity index (χ0n) is 17.0. The molecular weight excluding hydrogens is 453 g/mol. The van der Waals surface area contributed by atoms with Crippen molar-refractivity contribution in [2.24, 2.45) is 5.92 Å². The number of halogens is 3. The molecule has 4 rings (SSSR count). The van der Waals surface area contributed by atoms with Crippen LogP contribution in [-0.4, -0.2) is 27.9 Å². The van der Waals surface area contributed by atoms with Gasteiger partial charge in [0.25, 0.3) is 0 Å². The lowest BCUT2D eigenvalue weighted by molar-refractivity contribution is -0.285. The number of aliphatic hydroxyl groups is 1. The number of carbonyl (C=O) groups excluding carboxylic acids is 1. The Labute approximate surface area is 193 Å². The summed E-state index contributed by atoms with van der Waals surface area (Å²) in [7, 11) is 0. The van der Waals surface area contributed by atoms with Gasteiger partial charge in [0.1, 0.15) is 17.4 Å². The molecule has 5 nitrogen and oxygen atoms in total. The minimum Gasteiger partial charge on any atom is -0.457 e. The maximum absolute atomic E-state index is 14.1. The molecule has 3 aromatic carbocycles. The number of hydrogen-bond acceptors (Lipinski definition) is 4. The number of para-hydroxylation sites is 1. The SMILES string of the molecule is O=C(c1ccccc1)[C@H]1[C@@H](c2cccc(Oc3ccccc3)c2)NC(=S)N[C@]1(O)C(F)(F)F. The number of alkyl halides is 3. The summed E-state index contributed by atoms with van der Waals surface area (Å²) in [5, 5.41) is 15.0. The summed E-state index contributed by atoms with van der Waals surface area (Å²) in [6, 6.07) is 21.4. The second-order valence-corrected chi connectivity index (χ2v) is 7.94. The zero-order chi connectivity index (χ0) is 23.6. The first-order valence-corrected chi connectivity index (χ1v) is 10.4. The van der Waals surface area contributed by atoms with Gasteiger partial charge in [-0.25, -0.2) is 0 Å². The molecule has 3 aromatic rings. The van der Waals surface area contributed by atoms with Crippen molar-refractivity contribution in [1.29, 1.82) is 0 Å². The molecule has 0 saturated carbocycles. The molecule has 0 radical (unpaired) electrons. The van der Waals surface area contributed by atoms with Gasteiger partial charge < -0.3 is 20.5 Å². The van der Waals surface area contributed by atoms with Crippen LogP contribution in [0.5, 0.6) is 11.5 Å². The normalized spacial score (nSPS) is 22.7. The fourth-order valence-electron chi connectivity index (χ4n) is 3.79. The second-order valence-electron chi connectivity index (χ2n) is 7.54. The van der Waals surface area contributed by atoms with Crippen LogP contribution in [0.2, 0.25) is 0 Å². The van der Waals surface area contributed by atoms with Crippen molar-refractivity contribution in [3.8, 4) is 11.5 Å². The summed E-state index contributed by atoms with van der Waals surface area (Å²) in [4.78, 5) is 13.3. The Hall–Kier alpha value is -3.43. The largest absolute Gasteiger partial charge is 0.457 e. The molecule has 3 N–H and O–H groups in total. The molecule has 3 atom stereocenters. The van der Waals surface area contributed by atoms with Crippen molar-refractivity contribution in [3.05, 3.63) is 96.1 Å². The van der Waals surface area contributed by atoms with Gasteiger partial charge >= 0.3 is 6.18 Å². The topological polar surface area (TPSA) is 70.6 Å². The third-order valence-electron chi connectivity index (χ3n) is 5.34. The van der Waals surface area contributed by atoms with Crippen LogP contribution >= 0.6 is 12.2 Å². The van der Waals surface area contributed by atoms with Crippen LogP contribution < -0.4 is 15.4 Å². The summed E-state index contributed by atoms with van der Waals surface area (Å²) in [6.07, 6.45) is -5.19. The van der Waals surface area contributed by atoms with Gasteiger partial charge in [0.2, 0.25) is 5.72 Å². The number of thiocarbonyl (C=S) groups is 1. The molecule has 0 amide bonds. The minimum atomic E-state index is -5.19. The van der Waals surface area contributed by atoms with E-state index in [1.807, 2.05) is 11.4 Å².